The van der Waals surface area contributed by atoms with Gasteiger partial charge in [-0.1, -0.05) is 37.3 Å². The molecular formula is C18H22NO3-. The molecule has 1 N–H and O–H groups in total. The Labute approximate surface area is 130 Å². The van der Waals surface area contributed by atoms with Crippen LogP contribution in [0.2, 0.25) is 0 Å². The predicted octanol–water partition coefficient (Wildman–Crippen LogP) is 1.67. The Morgan fingerprint density at radius 2 is 1.82 bits per heavy atom. The first-order chi connectivity index (χ1) is 10.6. The van der Waals surface area contributed by atoms with Crippen molar-refractivity contribution in [1.29, 1.82) is 0 Å². The molecular weight excluding hydrogens is 278 g/mol. The lowest BCUT2D eigenvalue weighted by atomic mass is 9.78. The maximum atomic E-state index is 12.7. The van der Waals surface area contributed by atoms with Crippen LogP contribution in [0.5, 0.6) is 0 Å². The van der Waals surface area contributed by atoms with Gasteiger partial charge < -0.3 is 15.2 Å². The van der Waals surface area contributed by atoms with Gasteiger partial charge in [0.05, 0.1) is 6.04 Å². The molecule has 3 rings (SSSR count). The van der Waals surface area contributed by atoms with Crippen LogP contribution in [0.25, 0.3) is 0 Å². The molecule has 1 aromatic carbocycles. The molecule has 2 fully saturated rings. The summed E-state index contributed by atoms with van der Waals surface area (Å²) in [5.74, 6) is -1.85. The van der Waals surface area contributed by atoms with E-state index in [1.807, 2.05) is 37.3 Å². The van der Waals surface area contributed by atoms with Crippen LogP contribution in [0.1, 0.15) is 44.2 Å². The molecule has 0 unspecified atom stereocenters. The molecule has 5 atom stereocenters. The molecule has 0 radical (unpaired) electrons. The van der Waals surface area contributed by atoms with Crippen molar-refractivity contribution in [2.45, 2.75) is 38.6 Å². The smallest absolute Gasteiger partial charge is 0.224 e. The molecule has 0 heterocycles. The van der Waals surface area contributed by atoms with Crippen molar-refractivity contribution in [3.8, 4) is 0 Å². The number of carbonyl (C=O) groups is 2. The van der Waals surface area contributed by atoms with Gasteiger partial charge in [-0.05, 0) is 43.1 Å². The van der Waals surface area contributed by atoms with Gasteiger partial charge in [0, 0.05) is 17.8 Å². The zero-order chi connectivity index (χ0) is 15.7. The van der Waals surface area contributed by atoms with Crippen molar-refractivity contribution in [1.82, 2.24) is 5.32 Å². The van der Waals surface area contributed by atoms with Crippen molar-refractivity contribution in [3.63, 3.8) is 0 Å². The highest BCUT2D eigenvalue weighted by atomic mass is 16.4. The molecule has 2 saturated carbocycles. The Morgan fingerprint density at radius 1 is 1.18 bits per heavy atom. The van der Waals surface area contributed by atoms with Gasteiger partial charge >= 0.3 is 0 Å². The van der Waals surface area contributed by atoms with E-state index < -0.39 is 17.8 Å². The third kappa shape index (κ3) is 2.62. The molecule has 0 saturated heterocycles. The monoisotopic (exact) mass is 300 g/mol. The number of hydrogen-bond acceptors (Lipinski definition) is 3. The molecule has 4 heteroatoms. The molecule has 0 spiro atoms. The molecule has 4 nitrogen and oxygen atoms in total. The third-order valence-corrected chi connectivity index (χ3v) is 5.42. The molecule has 2 bridgehead atoms. The number of benzene rings is 1. The summed E-state index contributed by atoms with van der Waals surface area (Å²) in [5.41, 5.74) is 1.06. The number of rotatable bonds is 5. The topological polar surface area (TPSA) is 69.2 Å². The highest BCUT2D eigenvalue weighted by molar-refractivity contribution is 5.85. The summed E-state index contributed by atoms with van der Waals surface area (Å²) in [4.78, 5) is 24.1. The number of carboxylic acids is 1. The van der Waals surface area contributed by atoms with E-state index in [0.717, 1.165) is 31.2 Å². The van der Waals surface area contributed by atoms with E-state index in [1.54, 1.807) is 0 Å². The maximum Gasteiger partial charge on any atom is 0.224 e. The quantitative estimate of drug-likeness (QED) is 0.899. The summed E-state index contributed by atoms with van der Waals surface area (Å²) in [7, 11) is 0. The zero-order valence-corrected chi connectivity index (χ0v) is 12.8. The van der Waals surface area contributed by atoms with E-state index >= 15 is 0 Å². The number of carboxylic acid groups (broad SMARTS) is 1. The second-order valence-corrected chi connectivity index (χ2v) is 6.58. The predicted molar refractivity (Wildman–Crippen MR) is 80.4 cm³/mol. The van der Waals surface area contributed by atoms with Crippen molar-refractivity contribution < 1.29 is 14.7 Å². The number of nitrogens with one attached hydrogen (secondary N) is 1. The highest BCUT2D eigenvalue weighted by Gasteiger charge is 2.51. The van der Waals surface area contributed by atoms with E-state index in [1.165, 1.54) is 0 Å². The van der Waals surface area contributed by atoms with Crippen LogP contribution < -0.4 is 10.4 Å². The van der Waals surface area contributed by atoms with E-state index in [9.17, 15) is 14.7 Å². The molecule has 0 aliphatic heterocycles. The lowest BCUT2D eigenvalue weighted by Crippen LogP contribution is -2.46. The SMILES string of the molecule is CC[C@@H](NC(=O)[C@@H]1[C@H]2CC[C@@H](C2)[C@@H]1C(=O)[O-])c1ccccc1. The Hall–Kier alpha value is -1.84. The largest absolute Gasteiger partial charge is 0.550 e. The average molecular weight is 300 g/mol. The fourth-order valence-corrected chi connectivity index (χ4v) is 4.38. The first-order valence-electron chi connectivity index (χ1n) is 8.18. The summed E-state index contributed by atoms with van der Waals surface area (Å²) in [6.07, 6.45) is 3.53. The van der Waals surface area contributed by atoms with E-state index in [4.69, 9.17) is 0 Å². The maximum absolute atomic E-state index is 12.7. The highest BCUT2D eigenvalue weighted by Crippen LogP contribution is 2.52. The molecule has 1 aromatic rings. The fraction of sp³-hybridized carbons (Fsp3) is 0.556. The van der Waals surface area contributed by atoms with Gasteiger partial charge in [-0.2, -0.15) is 0 Å². The van der Waals surface area contributed by atoms with Crippen molar-refractivity contribution in [2.24, 2.45) is 23.7 Å². The summed E-state index contributed by atoms with van der Waals surface area (Å²) >= 11 is 0. The van der Waals surface area contributed by atoms with Crippen LogP contribution in [0.15, 0.2) is 30.3 Å². The van der Waals surface area contributed by atoms with Gasteiger partial charge in [-0.25, -0.2) is 0 Å². The van der Waals surface area contributed by atoms with Gasteiger partial charge in [0.1, 0.15) is 0 Å². The minimum absolute atomic E-state index is 0.0600. The van der Waals surface area contributed by atoms with Gasteiger partial charge in [-0.15, -0.1) is 0 Å². The number of carbonyl (C=O) groups excluding carboxylic acids is 2. The van der Waals surface area contributed by atoms with Gasteiger partial charge in [0.15, 0.2) is 0 Å². The average Bonchev–Trinajstić information content (AvgIpc) is 3.14. The van der Waals surface area contributed by atoms with Crippen LogP contribution in [0, 0.1) is 23.7 Å². The minimum Gasteiger partial charge on any atom is -0.550 e. The first-order valence-corrected chi connectivity index (χ1v) is 8.18. The summed E-state index contributed by atoms with van der Waals surface area (Å²) in [6.45, 7) is 2.02. The van der Waals surface area contributed by atoms with E-state index in [2.05, 4.69) is 5.32 Å². The number of hydrogen-bond donors (Lipinski definition) is 1. The Morgan fingerprint density at radius 3 is 2.41 bits per heavy atom. The number of aliphatic carboxylic acids is 1. The normalized spacial score (nSPS) is 31.0. The first kappa shape index (κ1) is 15.1. The summed E-state index contributed by atoms with van der Waals surface area (Å²) < 4.78 is 0. The lowest BCUT2D eigenvalue weighted by molar-refractivity contribution is -0.314. The molecule has 2 aliphatic rings. The molecule has 2 aliphatic carbocycles. The summed E-state index contributed by atoms with van der Waals surface area (Å²) in [5, 5.41) is 14.5. The van der Waals surface area contributed by atoms with Crippen LogP contribution in [0.3, 0.4) is 0 Å². The Balaban J connectivity index is 1.74. The van der Waals surface area contributed by atoms with Crippen LogP contribution in [-0.2, 0) is 9.59 Å². The standard InChI is InChI=1S/C18H23NO3/c1-2-14(11-6-4-3-5-7-11)19-17(20)15-12-8-9-13(10-12)16(15)18(21)22/h3-7,12-16H,2,8-10H2,1H3,(H,19,20)(H,21,22)/p-1/t12-,13-,14+,15+,16-/m0/s1. The molecule has 118 valence electrons. The number of amides is 1. The third-order valence-electron chi connectivity index (χ3n) is 5.42. The molecule has 0 aromatic heterocycles. The van der Waals surface area contributed by atoms with Gasteiger partial charge in [-0.3, -0.25) is 4.79 Å². The molecule has 22 heavy (non-hydrogen) atoms. The Bertz CT molecular complexity index is 557. The second kappa shape index (κ2) is 6.11. The summed E-state index contributed by atoms with van der Waals surface area (Å²) in [6, 6.07) is 9.77. The van der Waals surface area contributed by atoms with Gasteiger partial charge in [0.2, 0.25) is 5.91 Å². The fourth-order valence-electron chi connectivity index (χ4n) is 4.38. The van der Waals surface area contributed by atoms with Crippen LogP contribution >= 0.6 is 0 Å². The van der Waals surface area contributed by atoms with Crippen molar-refractivity contribution in [2.75, 3.05) is 0 Å². The second-order valence-electron chi connectivity index (χ2n) is 6.58. The lowest BCUT2D eigenvalue weighted by Gasteiger charge is -2.32. The Kier molecular flexibility index (Phi) is 4.19. The van der Waals surface area contributed by atoms with Crippen molar-refractivity contribution in [3.05, 3.63) is 35.9 Å². The van der Waals surface area contributed by atoms with Crippen LogP contribution in [-0.4, -0.2) is 11.9 Å². The van der Waals surface area contributed by atoms with E-state index in [-0.39, 0.29) is 23.8 Å². The van der Waals surface area contributed by atoms with E-state index in [0.29, 0.717) is 0 Å². The molecule has 1 amide bonds. The zero-order valence-electron chi connectivity index (χ0n) is 12.8. The van der Waals surface area contributed by atoms with Crippen molar-refractivity contribution >= 4 is 11.9 Å². The number of fused-ring (bicyclic) bond motifs is 2. The minimum atomic E-state index is -1.06. The van der Waals surface area contributed by atoms with Crippen LogP contribution in [0.4, 0.5) is 0 Å². The van der Waals surface area contributed by atoms with Gasteiger partial charge in [0.25, 0.3) is 0 Å².